The van der Waals surface area contributed by atoms with E-state index >= 15 is 0 Å². The lowest BCUT2D eigenvalue weighted by Crippen LogP contribution is -2.37. The van der Waals surface area contributed by atoms with E-state index in [0.29, 0.717) is 25.5 Å². The molecule has 0 saturated carbocycles. The predicted octanol–water partition coefficient (Wildman–Crippen LogP) is 4.63. The lowest BCUT2D eigenvalue weighted by molar-refractivity contribution is -0.159. The fourth-order valence-electron chi connectivity index (χ4n) is 3.59. The highest BCUT2D eigenvalue weighted by molar-refractivity contribution is 6.27. The quantitative estimate of drug-likeness (QED) is 0.228. The van der Waals surface area contributed by atoms with Crippen LogP contribution in [0.2, 0.25) is 0 Å². The maximum atomic E-state index is 12.5. The molecule has 0 radical (unpaired) electrons. The third-order valence-electron chi connectivity index (χ3n) is 5.37. The van der Waals surface area contributed by atoms with Gasteiger partial charge in [-0.3, -0.25) is 10.2 Å². The van der Waals surface area contributed by atoms with Crippen LogP contribution in [0.5, 0.6) is 5.75 Å². The van der Waals surface area contributed by atoms with Crippen molar-refractivity contribution < 1.29 is 38.8 Å². The molecule has 1 fully saturated rings. The maximum Gasteiger partial charge on any atom is 0.414 e. The zero-order valence-corrected chi connectivity index (χ0v) is 21.6. The molecule has 1 aliphatic heterocycles. The van der Waals surface area contributed by atoms with E-state index in [4.69, 9.17) is 34.0 Å². The Bertz CT molecular complexity index is 756. The highest BCUT2D eigenvalue weighted by atomic mass is 16.6. The molecular weight excluding hydrogens is 468 g/mol. The standard InChI is InChI=1S/C24H40N2O4.C2H2O4/c1-3-5-6-7-10-17-29-22-13-11-12-21(18-22)25-24(27)30-23(20-28-16-4-2)19-26-14-8-9-15-26;3-1(4)2(5)6/h11-13,18,23H,3-10,14-17,19-20H2,1-2H3,(H,25,27);(H,3,4)(H,5,6). The molecule has 1 aromatic carbocycles. The number of amides is 1. The number of carbonyl (C=O) groups excluding carboxylic acids is 1. The number of carboxylic acids is 2. The third-order valence-corrected chi connectivity index (χ3v) is 5.37. The van der Waals surface area contributed by atoms with Crippen molar-refractivity contribution in [3.63, 3.8) is 0 Å². The van der Waals surface area contributed by atoms with E-state index in [2.05, 4.69) is 24.1 Å². The Hall–Kier alpha value is -2.85. The molecule has 3 N–H and O–H groups in total. The first kappa shape index (κ1) is 31.2. The molecule has 1 saturated heterocycles. The molecule has 1 atom stereocenters. The van der Waals surface area contributed by atoms with Crippen molar-refractivity contribution in [3.8, 4) is 5.75 Å². The number of anilines is 1. The molecule has 1 heterocycles. The van der Waals surface area contributed by atoms with Gasteiger partial charge in [-0.1, -0.05) is 45.6 Å². The monoisotopic (exact) mass is 510 g/mol. The highest BCUT2D eigenvalue weighted by Crippen LogP contribution is 2.18. The number of carbonyl (C=O) groups is 3. The number of rotatable bonds is 15. The van der Waals surface area contributed by atoms with Gasteiger partial charge in [-0.15, -0.1) is 0 Å². The van der Waals surface area contributed by atoms with Gasteiger partial charge in [-0.05, 0) is 50.9 Å². The predicted molar refractivity (Wildman–Crippen MR) is 137 cm³/mol. The van der Waals surface area contributed by atoms with E-state index in [1.54, 1.807) is 0 Å². The van der Waals surface area contributed by atoms with Gasteiger partial charge in [0.2, 0.25) is 0 Å². The van der Waals surface area contributed by atoms with Crippen LogP contribution in [0.4, 0.5) is 10.5 Å². The van der Waals surface area contributed by atoms with Crippen LogP contribution >= 0.6 is 0 Å². The Labute approximate surface area is 213 Å². The Kier molecular flexibility index (Phi) is 16.8. The van der Waals surface area contributed by atoms with Crippen LogP contribution in [0.25, 0.3) is 0 Å². The molecule has 36 heavy (non-hydrogen) atoms. The molecule has 0 aromatic heterocycles. The molecular formula is C26H42N2O8. The van der Waals surface area contributed by atoms with Crippen LogP contribution < -0.4 is 10.1 Å². The first-order valence-electron chi connectivity index (χ1n) is 12.8. The minimum Gasteiger partial charge on any atom is -0.494 e. The van der Waals surface area contributed by atoms with Crippen molar-refractivity contribution in [1.29, 1.82) is 0 Å². The summed E-state index contributed by atoms with van der Waals surface area (Å²) in [6.45, 7) is 8.94. The zero-order chi connectivity index (χ0) is 26.6. The second-order valence-corrected chi connectivity index (χ2v) is 8.64. The number of ether oxygens (including phenoxy) is 3. The molecule has 10 nitrogen and oxygen atoms in total. The average molecular weight is 511 g/mol. The molecule has 0 aliphatic carbocycles. The first-order valence-corrected chi connectivity index (χ1v) is 12.8. The molecule has 10 heteroatoms. The lowest BCUT2D eigenvalue weighted by atomic mass is 10.2. The van der Waals surface area contributed by atoms with Crippen LogP contribution in [0.1, 0.15) is 65.2 Å². The topological polar surface area (TPSA) is 135 Å². The fraction of sp³-hybridized carbons (Fsp3) is 0.654. The van der Waals surface area contributed by atoms with Crippen LogP contribution in [0.3, 0.4) is 0 Å². The fourth-order valence-corrected chi connectivity index (χ4v) is 3.59. The summed E-state index contributed by atoms with van der Waals surface area (Å²) >= 11 is 0. The van der Waals surface area contributed by atoms with Crippen molar-refractivity contribution in [1.82, 2.24) is 4.90 Å². The smallest absolute Gasteiger partial charge is 0.414 e. The van der Waals surface area contributed by atoms with Crippen LogP contribution in [0.15, 0.2) is 24.3 Å². The van der Waals surface area contributed by atoms with Gasteiger partial charge in [-0.2, -0.15) is 0 Å². The molecule has 2 rings (SSSR count). The van der Waals surface area contributed by atoms with Gasteiger partial charge in [0, 0.05) is 24.9 Å². The summed E-state index contributed by atoms with van der Waals surface area (Å²) in [5, 5.41) is 17.6. The third kappa shape index (κ3) is 15.2. The van der Waals surface area contributed by atoms with Gasteiger partial charge >= 0.3 is 18.0 Å². The zero-order valence-electron chi connectivity index (χ0n) is 21.6. The van der Waals surface area contributed by atoms with Crippen LogP contribution in [-0.4, -0.2) is 78.7 Å². The second kappa shape index (κ2) is 19.4. The van der Waals surface area contributed by atoms with Crippen LogP contribution in [0, 0.1) is 0 Å². The summed E-state index contributed by atoms with van der Waals surface area (Å²) in [5.74, 6) is -2.88. The number of hydrogen-bond acceptors (Lipinski definition) is 7. The van der Waals surface area contributed by atoms with Crippen molar-refractivity contribution in [2.24, 2.45) is 0 Å². The minimum absolute atomic E-state index is 0.266. The molecule has 1 aliphatic rings. The summed E-state index contributed by atoms with van der Waals surface area (Å²) in [6, 6.07) is 7.49. The van der Waals surface area contributed by atoms with Crippen molar-refractivity contribution in [3.05, 3.63) is 24.3 Å². The lowest BCUT2D eigenvalue weighted by Gasteiger charge is -2.23. The van der Waals surface area contributed by atoms with Gasteiger partial charge in [0.25, 0.3) is 0 Å². The van der Waals surface area contributed by atoms with E-state index in [0.717, 1.165) is 38.2 Å². The maximum absolute atomic E-state index is 12.5. The van der Waals surface area contributed by atoms with E-state index in [9.17, 15) is 4.79 Å². The van der Waals surface area contributed by atoms with E-state index in [1.165, 1.54) is 38.5 Å². The highest BCUT2D eigenvalue weighted by Gasteiger charge is 2.21. The molecule has 0 spiro atoms. The van der Waals surface area contributed by atoms with Gasteiger partial charge in [0.15, 0.2) is 0 Å². The number of aliphatic carboxylic acids is 2. The number of carboxylic acid groups (broad SMARTS) is 2. The molecule has 204 valence electrons. The van der Waals surface area contributed by atoms with Gasteiger partial charge in [-0.25, -0.2) is 14.4 Å². The van der Waals surface area contributed by atoms with Gasteiger partial charge < -0.3 is 24.4 Å². The normalized spacial score (nSPS) is 13.8. The summed E-state index contributed by atoms with van der Waals surface area (Å²) in [5.41, 5.74) is 0.679. The SMILES string of the molecule is CCCCCCCOc1cccc(NC(=O)OC(COCCC)CN2CCCC2)c1.O=C(O)C(=O)O. The summed E-state index contributed by atoms with van der Waals surface area (Å²) < 4.78 is 17.2. The number of hydrogen-bond donors (Lipinski definition) is 3. The Morgan fingerprint density at radius 2 is 1.67 bits per heavy atom. The largest absolute Gasteiger partial charge is 0.494 e. The summed E-state index contributed by atoms with van der Waals surface area (Å²) in [6.07, 6.45) is 8.68. The summed E-state index contributed by atoms with van der Waals surface area (Å²) in [7, 11) is 0. The Morgan fingerprint density at radius 3 is 2.31 bits per heavy atom. The average Bonchev–Trinajstić information content (AvgIpc) is 3.35. The van der Waals surface area contributed by atoms with E-state index in [1.807, 2.05) is 24.3 Å². The first-order chi connectivity index (χ1) is 17.3. The second-order valence-electron chi connectivity index (χ2n) is 8.64. The number of unbranched alkanes of at least 4 members (excludes halogenated alkanes) is 4. The minimum atomic E-state index is -1.82. The van der Waals surface area contributed by atoms with Crippen molar-refractivity contribution >= 4 is 23.7 Å². The van der Waals surface area contributed by atoms with Gasteiger partial charge in [0.05, 0.1) is 13.2 Å². The van der Waals surface area contributed by atoms with E-state index < -0.39 is 18.0 Å². The molecule has 1 aromatic rings. The number of likely N-dealkylation sites (tertiary alicyclic amines) is 1. The molecule has 0 bridgehead atoms. The Balaban J connectivity index is 0.000000960. The van der Waals surface area contributed by atoms with Gasteiger partial charge in [0.1, 0.15) is 11.9 Å². The van der Waals surface area contributed by atoms with Crippen molar-refractivity contribution in [2.75, 3.05) is 44.8 Å². The Morgan fingerprint density at radius 1 is 0.972 bits per heavy atom. The van der Waals surface area contributed by atoms with E-state index in [-0.39, 0.29) is 6.10 Å². The molecule has 1 amide bonds. The van der Waals surface area contributed by atoms with Crippen LogP contribution in [-0.2, 0) is 19.1 Å². The van der Waals surface area contributed by atoms with Crippen molar-refractivity contribution in [2.45, 2.75) is 71.3 Å². The summed E-state index contributed by atoms with van der Waals surface area (Å²) in [4.78, 5) is 33.0. The number of nitrogens with one attached hydrogen (secondary N) is 1. The number of benzene rings is 1. The molecule has 1 unspecified atom stereocenters. The number of nitrogens with zero attached hydrogens (tertiary/aromatic N) is 1.